The standard InChI is InChI=1S/C49H58N6O7/c1-29(2)21-32-8-11-34(12-9-32)40-22-30(3)39(28-53-40)44(58)27-36(16-18-51)49(61)55(5)47-35-13-15-46(62-20-19-52)38(26-35)37-24-33(10-14-42(37)56)25-41(43(57)7-6-17-50)54-48(60)31(4)23-45(47)59/h8-15,22,24,26,28-29,31,36,41,47,56H,6-7,16,18-21,23,25,27,51-52H2,1-5H3,(H,54,60)/t31-,36-,41+,47+/m1/s1. The van der Waals surface area contributed by atoms with Gasteiger partial charge in [0.15, 0.2) is 17.3 Å². The predicted octanol–water partition coefficient (Wildman–Crippen LogP) is 6.21. The molecule has 6 N–H and O–H groups in total. The number of carbonyl (C=O) groups is 5. The third-order valence-electron chi connectivity index (χ3n) is 11.3. The number of pyridine rings is 1. The second-order valence-electron chi connectivity index (χ2n) is 16.6. The number of aromatic nitrogens is 1. The number of fused-ring (bicyclic) bond motifs is 5. The minimum atomic E-state index is -1.24. The molecule has 1 aromatic heterocycles. The van der Waals surface area contributed by atoms with Gasteiger partial charge in [0.2, 0.25) is 11.8 Å². The van der Waals surface area contributed by atoms with Gasteiger partial charge in [0.05, 0.1) is 17.8 Å². The van der Waals surface area contributed by atoms with Crippen molar-refractivity contribution in [3.8, 4) is 40.0 Å². The molecule has 0 saturated carbocycles. The number of nitrogens with one attached hydrogen (secondary N) is 1. The Bertz CT molecular complexity index is 2320. The van der Waals surface area contributed by atoms with Crippen LogP contribution in [0.1, 0.15) is 91.5 Å². The zero-order valence-corrected chi connectivity index (χ0v) is 36.3. The van der Waals surface area contributed by atoms with E-state index in [2.05, 4.69) is 36.3 Å². The first-order valence-electron chi connectivity index (χ1n) is 21.2. The number of phenols is 1. The van der Waals surface area contributed by atoms with E-state index in [1.807, 2.05) is 31.2 Å². The van der Waals surface area contributed by atoms with Crippen molar-refractivity contribution >= 4 is 29.2 Å². The van der Waals surface area contributed by atoms with Gasteiger partial charge >= 0.3 is 0 Å². The van der Waals surface area contributed by atoms with Crippen LogP contribution in [-0.4, -0.2) is 76.9 Å². The minimum absolute atomic E-state index is 0.0378. The second kappa shape index (κ2) is 21.5. The fraction of sp³-hybridized carbons (Fsp3) is 0.408. The van der Waals surface area contributed by atoms with Gasteiger partial charge in [-0.1, -0.05) is 57.2 Å². The number of likely N-dealkylation sites (N-methyl/N-ethyl adjacent to an activating group) is 1. The molecule has 4 aromatic rings. The van der Waals surface area contributed by atoms with E-state index >= 15 is 0 Å². The normalized spacial score (nSPS) is 17.0. The zero-order chi connectivity index (χ0) is 45.1. The van der Waals surface area contributed by atoms with Crippen molar-refractivity contribution in [2.75, 3.05) is 26.7 Å². The maximum atomic E-state index is 14.6. The highest BCUT2D eigenvalue weighted by Crippen LogP contribution is 2.40. The molecule has 4 bridgehead atoms. The first-order chi connectivity index (χ1) is 29.6. The molecular formula is C49H58N6O7. The van der Waals surface area contributed by atoms with Gasteiger partial charge in [-0.2, -0.15) is 5.26 Å². The number of benzene rings is 3. The predicted molar refractivity (Wildman–Crippen MR) is 237 cm³/mol. The van der Waals surface area contributed by atoms with Gasteiger partial charge in [0.25, 0.3) is 0 Å². The number of ketones is 3. The van der Waals surface area contributed by atoms with Gasteiger partial charge in [0.1, 0.15) is 24.1 Å². The number of ether oxygens (including phenoxy) is 1. The van der Waals surface area contributed by atoms with Crippen LogP contribution in [0.2, 0.25) is 0 Å². The van der Waals surface area contributed by atoms with E-state index in [-0.39, 0.29) is 75.5 Å². The Morgan fingerprint density at radius 3 is 2.40 bits per heavy atom. The molecule has 326 valence electrons. The number of hydrogen-bond donors (Lipinski definition) is 4. The van der Waals surface area contributed by atoms with Crippen molar-refractivity contribution < 1.29 is 33.8 Å². The molecule has 13 nitrogen and oxygen atoms in total. The number of nitrogens with two attached hydrogens (primary N) is 2. The summed E-state index contributed by atoms with van der Waals surface area (Å²) in [6, 6.07) is 19.5. The molecule has 0 unspecified atom stereocenters. The van der Waals surface area contributed by atoms with Crippen LogP contribution in [0.15, 0.2) is 72.9 Å². The van der Waals surface area contributed by atoms with Gasteiger partial charge in [0, 0.05) is 79.6 Å². The first kappa shape index (κ1) is 46.8. The van der Waals surface area contributed by atoms with E-state index < -0.39 is 41.5 Å². The van der Waals surface area contributed by atoms with Crippen LogP contribution in [0.5, 0.6) is 11.5 Å². The molecule has 2 amide bonds. The molecule has 4 atom stereocenters. The highest BCUT2D eigenvalue weighted by molar-refractivity contribution is 6.01. The Hall–Kier alpha value is -6.23. The summed E-state index contributed by atoms with van der Waals surface area (Å²) in [5, 5.41) is 23.2. The highest BCUT2D eigenvalue weighted by atomic mass is 16.5. The summed E-state index contributed by atoms with van der Waals surface area (Å²) in [4.78, 5) is 76.1. The largest absolute Gasteiger partial charge is 0.507 e. The summed E-state index contributed by atoms with van der Waals surface area (Å²) in [5.41, 5.74) is 17.5. The van der Waals surface area contributed by atoms with E-state index in [4.69, 9.17) is 21.5 Å². The quantitative estimate of drug-likeness (QED) is 0.0929. The number of aromatic hydroxyl groups is 1. The maximum absolute atomic E-state index is 14.6. The third-order valence-corrected chi connectivity index (χ3v) is 11.3. The van der Waals surface area contributed by atoms with E-state index in [1.54, 1.807) is 37.3 Å². The van der Waals surface area contributed by atoms with Crippen LogP contribution in [0.4, 0.5) is 0 Å². The summed E-state index contributed by atoms with van der Waals surface area (Å²) in [7, 11) is 1.49. The summed E-state index contributed by atoms with van der Waals surface area (Å²) in [5.74, 6) is -3.22. The van der Waals surface area contributed by atoms with Crippen LogP contribution in [0, 0.1) is 36.0 Å². The van der Waals surface area contributed by atoms with Gasteiger partial charge in [-0.3, -0.25) is 29.0 Å². The lowest BCUT2D eigenvalue weighted by molar-refractivity contribution is -0.142. The van der Waals surface area contributed by atoms with E-state index in [0.717, 1.165) is 17.7 Å². The van der Waals surface area contributed by atoms with Crippen LogP contribution in [-0.2, 0) is 32.0 Å². The molecule has 1 aliphatic heterocycles. The maximum Gasteiger partial charge on any atom is 0.226 e. The molecular weight excluding hydrogens is 785 g/mol. The third kappa shape index (κ3) is 11.6. The minimum Gasteiger partial charge on any atom is -0.507 e. The first-order valence-corrected chi connectivity index (χ1v) is 21.2. The number of carbonyl (C=O) groups excluding carboxylic acids is 5. The van der Waals surface area contributed by atoms with E-state index in [9.17, 15) is 29.1 Å². The van der Waals surface area contributed by atoms with Gasteiger partial charge in [-0.15, -0.1) is 0 Å². The Labute approximate surface area is 363 Å². The molecule has 5 rings (SSSR count). The van der Waals surface area contributed by atoms with E-state index in [1.165, 1.54) is 29.8 Å². The molecule has 3 aromatic carbocycles. The van der Waals surface area contributed by atoms with Crippen molar-refractivity contribution in [2.45, 2.75) is 84.7 Å². The fourth-order valence-electron chi connectivity index (χ4n) is 7.98. The van der Waals surface area contributed by atoms with Crippen LogP contribution in [0.3, 0.4) is 0 Å². The lowest BCUT2D eigenvalue weighted by Gasteiger charge is -2.32. The SMILES string of the molecule is Cc1cc(-c2ccc(CC(C)C)cc2)ncc1C(=O)C[C@@H](CCN)C(=O)N(C)[C@@H]1C(=O)C[C@@H](C)C(=O)N[C@H](C(=O)CCC#N)Cc2ccc(O)c(c2)-c2cc1ccc2OCCN. The molecule has 0 spiro atoms. The van der Waals surface area contributed by atoms with Crippen molar-refractivity contribution in [1.29, 1.82) is 5.26 Å². The number of nitriles is 1. The Morgan fingerprint density at radius 1 is 1.00 bits per heavy atom. The van der Waals surface area contributed by atoms with Crippen LogP contribution >= 0.6 is 0 Å². The number of Topliss-reactive ketones (excluding diaryl/α,β-unsaturated/α-hetero) is 3. The van der Waals surface area contributed by atoms with Gasteiger partial charge in [-0.25, -0.2) is 0 Å². The molecule has 1 aliphatic rings. The number of amides is 2. The number of hydrogen-bond acceptors (Lipinski definition) is 11. The second-order valence-corrected chi connectivity index (χ2v) is 16.6. The molecule has 0 fully saturated rings. The Morgan fingerprint density at radius 2 is 1.74 bits per heavy atom. The monoisotopic (exact) mass is 842 g/mol. The van der Waals surface area contributed by atoms with Crippen LogP contribution < -0.4 is 21.5 Å². The number of phenolic OH excluding ortho intramolecular Hbond substituents is 1. The average Bonchev–Trinajstić information content (AvgIpc) is 3.24. The molecule has 0 radical (unpaired) electrons. The molecule has 0 saturated heterocycles. The lowest BCUT2D eigenvalue weighted by atomic mass is 9.88. The number of aryl methyl sites for hydroxylation is 1. The Kier molecular flexibility index (Phi) is 16.3. The lowest BCUT2D eigenvalue weighted by Crippen LogP contribution is -2.46. The van der Waals surface area contributed by atoms with E-state index in [0.29, 0.717) is 45.0 Å². The number of nitrogens with zero attached hydrogens (tertiary/aromatic N) is 3. The van der Waals surface area contributed by atoms with Crippen molar-refractivity contribution in [3.63, 3.8) is 0 Å². The molecule has 0 aliphatic carbocycles. The molecule has 62 heavy (non-hydrogen) atoms. The zero-order valence-electron chi connectivity index (χ0n) is 36.3. The highest BCUT2D eigenvalue weighted by Gasteiger charge is 2.36. The summed E-state index contributed by atoms with van der Waals surface area (Å²) < 4.78 is 6.01. The summed E-state index contributed by atoms with van der Waals surface area (Å²) >= 11 is 0. The smallest absolute Gasteiger partial charge is 0.226 e. The summed E-state index contributed by atoms with van der Waals surface area (Å²) in [6.45, 7) is 8.18. The van der Waals surface area contributed by atoms with Crippen LogP contribution in [0.25, 0.3) is 22.4 Å². The summed E-state index contributed by atoms with van der Waals surface area (Å²) in [6.07, 6.45) is 2.11. The number of rotatable bonds is 16. The topological polar surface area (TPSA) is 219 Å². The molecule has 13 heteroatoms. The fourth-order valence-corrected chi connectivity index (χ4v) is 7.98. The van der Waals surface area contributed by atoms with Gasteiger partial charge < -0.3 is 31.5 Å². The molecule has 2 heterocycles. The van der Waals surface area contributed by atoms with Crippen molar-refractivity contribution in [1.82, 2.24) is 15.2 Å². The Balaban J connectivity index is 1.51. The van der Waals surface area contributed by atoms with Gasteiger partial charge in [-0.05, 0) is 91.2 Å². The van der Waals surface area contributed by atoms with Crippen molar-refractivity contribution in [3.05, 3.63) is 101 Å². The average molecular weight is 843 g/mol. The van der Waals surface area contributed by atoms with Crippen molar-refractivity contribution in [2.24, 2.45) is 29.2 Å².